The van der Waals surface area contributed by atoms with E-state index in [1.54, 1.807) is 0 Å². The molecule has 0 fully saturated rings. The molecule has 0 amide bonds. The molecule has 8 aromatic carbocycles. The molecule has 5 aliphatic rings. The predicted octanol–water partition coefficient (Wildman–Crippen LogP) is 16.5. The highest BCUT2D eigenvalue weighted by Gasteiger charge is 2.50. The quantitative estimate of drug-likeness (QED) is 0.159. The Hall–Kier alpha value is -6.78. The van der Waals surface area contributed by atoms with Crippen LogP contribution in [0, 0.1) is 13.8 Å². The van der Waals surface area contributed by atoms with Gasteiger partial charge in [0.05, 0.1) is 5.69 Å². The van der Waals surface area contributed by atoms with Crippen LogP contribution in [0.3, 0.4) is 0 Å². The Morgan fingerprint density at radius 1 is 0.403 bits per heavy atom. The molecular weight excluding hydrogens is 870 g/mol. The average Bonchev–Trinajstić information content (AvgIpc) is 3.70. The lowest BCUT2D eigenvalue weighted by Crippen LogP contribution is -2.61. The third-order valence-corrected chi connectivity index (χ3v) is 18.2. The number of para-hydroxylation sites is 2. The van der Waals surface area contributed by atoms with Crippen molar-refractivity contribution in [2.45, 2.75) is 129 Å². The van der Waals surface area contributed by atoms with Crippen molar-refractivity contribution < 1.29 is 0 Å². The van der Waals surface area contributed by atoms with Crippen molar-refractivity contribution in [1.82, 2.24) is 0 Å². The van der Waals surface area contributed by atoms with Crippen molar-refractivity contribution in [3.05, 3.63) is 202 Å². The van der Waals surface area contributed by atoms with Crippen molar-refractivity contribution in [2.75, 3.05) is 14.7 Å². The maximum Gasteiger partial charge on any atom is 0.252 e. The highest BCUT2D eigenvalue weighted by Crippen LogP contribution is 2.58. The molecule has 0 saturated heterocycles. The zero-order chi connectivity index (χ0) is 50.0. The third kappa shape index (κ3) is 6.36. The normalized spacial score (nSPS) is 18.3. The van der Waals surface area contributed by atoms with Crippen LogP contribution in [0.1, 0.15) is 133 Å². The lowest BCUT2D eigenvalue weighted by atomic mass is 9.33. The smallest absolute Gasteiger partial charge is 0.252 e. The van der Waals surface area contributed by atoms with E-state index >= 15 is 0 Å². The third-order valence-electron chi connectivity index (χ3n) is 18.2. The number of anilines is 9. The number of rotatable bonds is 5. The summed E-state index contributed by atoms with van der Waals surface area (Å²) < 4.78 is 0. The van der Waals surface area contributed by atoms with Gasteiger partial charge in [0.1, 0.15) is 0 Å². The fourth-order valence-electron chi connectivity index (χ4n) is 14.8. The molecule has 0 radical (unpaired) electrons. The summed E-state index contributed by atoms with van der Waals surface area (Å²) in [5.74, 6) is 0. The van der Waals surface area contributed by atoms with Gasteiger partial charge in [-0.05, 0) is 194 Å². The van der Waals surface area contributed by atoms with E-state index in [-0.39, 0.29) is 33.8 Å². The van der Waals surface area contributed by atoms with Crippen LogP contribution in [-0.2, 0) is 27.1 Å². The van der Waals surface area contributed by atoms with Gasteiger partial charge >= 0.3 is 0 Å². The SMILES string of the molecule is Cc1cc2c3c(c1)N(c1cccc4c1C(C)(C)c1ccccc1-4)c1cc(N(c4ccccc4)c4ccccc4)ccc1B3c1cc3c(cc1N2c1cc2c(cc1C)C(C)(C)CCC2(C)C)C(C)(C)CC3(C)C. The average molecular weight is 938 g/mol. The van der Waals surface area contributed by atoms with E-state index in [1.165, 1.54) is 119 Å². The van der Waals surface area contributed by atoms with Crippen molar-refractivity contribution in [3.63, 3.8) is 0 Å². The second-order valence-corrected chi connectivity index (χ2v) is 25.3. The summed E-state index contributed by atoms with van der Waals surface area (Å²) in [6.07, 6.45) is 3.48. The van der Waals surface area contributed by atoms with Gasteiger partial charge in [0.25, 0.3) is 6.71 Å². The molecule has 0 N–H and O–H groups in total. The van der Waals surface area contributed by atoms with E-state index in [4.69, 9.17) is 0 Å². The van der Waals surface area contributed by atoms with Gasteiger partial charge in [0.15, 0.2) is 0 Å². The fraction of sp³-hybridized carbons (Fsp3) is 0.294. The van der Waals surface area contributed by atoms with Gasteiger partial charge < -0.3 is 14.7 Å². The van der Waals surface area contributed by atoms with E-state index in [0.717, 1.165) is 23.5 Å². The molecule has 0 aromatic heterocycles. The van der Waals surface area contributed by atoms with E-state index < -0.39 is 0 Å². The lowest BCUT2D eigenvalue weighted by molar-refractivity contribution is 0.332. The zero-order valence-electron chi connectivity index (χ0n) is 44.6. The molecule has 2 aliphatic heterocycles. The van der Waals surface area contributed by atoms with Crippen LogP contribution in [-0.4, -0.2) is 6.71 Å². The summed E-state index contributed by atoms with van der Waals surface area (Å²) in [5.41, 5.74) is 29.1. The topological polar surface area (TPSA) is 9.72 Å². The molecule has 8 aromatic rings. The number of aryl methyl sites for hydroxylation is 2. The minimum absolute atomic E-state index is 0.0101. The van der Waals surface area contributed by atoms with E-state index in [1.807, 2.05) is 0 Å². The highest BCUT2D eigenvalue weighted by molar-refractivity contribution is 7.00. The first-order chi connectivity index (χ1) is 34.3. The lowest BCUT2D eigenvalue weighted by Gasteiger charge is -2.47. The molecule has 0 spiro atoms. The van der Waals surface area contributed by atoms with Crippen LogP contribution in [0.2, 0.25) is 0 Å². The van der Waals surface area contributed by atoms with Gasteiger partial charge in [-0.2, -0.15) is 0 Å². The van der Waals surface area contributed by atoms with Crippen molar-refractivity contribution >= 4 is 74.3 Å². The van der Waals surface area contributed by atoms with Crippen LogP contribution < -0.4 is 31.1 Å². The number of hydrogen-bond donors (Lipinski definition) is 0. The molecule has 358 valence electrons. The summed E-state index contributed by atoms with van der Waals surface area (Å²) in [4.78, 5) is 7.85. The molecule has 13 rings (SSSR count). The first-order valence-electron chi connectivity index (χ1n) is 26.6. The van der Waals surface area contributed by atoms with E-state index in [9.17, 15) is 0 Å². The molecule has 3 nitrogen and oxygen atoms in total. The zero-order valence-corrected chi connectivity index (χ0v) is 44.6. The summed E-state index contributed by atoms with van der Waals surface area (Å²) in [7, 11) is 0. The van der Waals surface area contributed by atoms with Gasteiger partial charge in [-0.15, -0.1) is 0 Å². The molecular formula is C68H68BN3. The van der Waals surface area contributed by atoms with Gasteiger partial charge in [-0.3, -0.25) is 0 Å². The largest absolute Gasteiger partial charge is 0.311 e. The fourth-order valence-corrected chi connectivity index (χ4v) is 14.8. The van der Waals surface area contributed by atoms with Crippen LogP contribution in [0.15, 0.2) is 158 Å². The molecule has 3 aliphatic carbocycles. The minimum atomic E-state index is -0.237. The maximum absolute atomic E-state index is 2.73. The number of hydrogen-bond acceptors (Lipinski definition) is 3. The first-order valence-corrected chi connectivity index (χ1v) is 26.6. The molecule has 72 heavy (non-hydrogen) atoms. The minimum Gasteiger partial charge on any atom is -0.311 e. The van der Waals surface area contributed by atoms with Crippen molar-refractivity contribution in [1.29, 1.82) is 0 Å². The number of benzene rings is 8. The first kappa shape index (κ1) is 45.1. The standard InChI is InChI=1S/C68H68BN3/c1-42-34-60-63-61(35-42)72(57-39-52-50(36-43(57)2)64(3,4)32-33-65(52,5)6)59-40-53-51(66(7,8)41-67(53,9)10)38-55(59)69(63)54-31-30-46(70(44-22-15-13-16-23-44)45-24-17-14-18-25-45)37-58(54)71(60)56-29-21-27-48-47-26-19-20-28-49(47)68(11,12)62(48)56/h13-31,34-40H,32-33,41H2,1-12H3. The van der Waals surface area contributed by atoms with Gasteiger partial charge in [-0.25, -0.2) is 0 Å². The number of fused-ring (bicyclic) bond motifs is 9. The van der Waals surface area contributed by atoms with E-state index in [0.29, 0.717) is 0 Å². The Balaban J connectivity index is 1.15. The predicted molar refractivity (Wildman–Crippen MR) is 308 cm³/mol. The second kappa shape index (κ2) is 15.1. The van der Waals surface area contributed by atoms with Crippen molar-refractivity contribution in [3.8, 4) is 11.1 Å². The second-order valence-electron chi connectivity index (χ2n) is 25.3. The Kier molecular flexibility index (Phi) is 9.49. The summed E-state index contributed by atoms with van der Waals surface area (Å²) in [6.45, 7) is 29.4. The Morgan fingerprint density at radius 2 is 0.931 bits per heavy atom. The molecule has 0 atom stereocenters. The maximum atomic E-state index is 2.73. The monoisotopic (exact) mass is 938 g/mol. The summed E-state index contributed by atoms with van der Waals surface area (Å²) in [6, 6.07) is 60.9. The molecule has 4 heteroatoms. The Labute approximate surface area is 429 Å². The van der Waals surface area contributed by atoms with Gasteiger partial charge in [0, 0.05) is 50.9 Å². The van der Waals surface area contributed by atoms with Crippen LogP contribution in [0.25, 0.3) is 11.1 Å². The Morgan fingerprint density at radius 3 is 1.58 bits per heavy atom. The summed E-state index contributed by atoms with van der Waals surface area (Å²) in [5, 5.41) is 0. The molecule has 0 unspecified atom stereocenters. The molecule has 0 saturated carbocycles. The van der Waals surface area contributed by atoms with Gasteiger partial charge in [0.2, 0.25) is 0 Å². The van der Waals surface area contributed by atoms with Gasteiger partial charge in [-0.1, -0.05) is 160 Å². The van der Waals surface area contributed by atoms with Crippen molar-refractivity contribution in [2.24, 2.45) is 0 Å². The van der Waals surface area contributed by atoms with Crippen LogP contribution >= 0.6 is 0 Å². The summed E-state index contributed by atoms with van der Waals surface area (Å²) >= 11 is 0. The van der Waals surface area contributed by atoms with Crippen LogP contribution in [0.5, 0.6) is 0 Å². The Bertz CT molecular complexity index is 3540. The van der Waals surface area contributed by atoms with Crippen LogP contribution in [0.4, 0.5) is 51.2 Å². The highest BCUT2D eigenvalue weighted by atomic mass is 15.2. The van der Waals surface area contributed by atoms with E-state index in [2.05, 4.69) is 256 Å². The molecule has 2 heterocycles. The number of nitrogens with zero attached hydrogens (tertiary/aromatic N) is 3. The molecule has 0 bridgehead atoms.